The number of alkyl halides is 3. The van der Waals surface area contributed by atoms with Gasteiger partial charge in [0, 0.05) is 12.1 Å². The van der Waals surface area contributed by atoms with Crippen LogP contribution in [-0.4, -0.2) is 18.8 Å². The Bertz CT molecular complexity index is 598. The van der Waals surface area contributed by atoms with Gasteiger partial charge in [-0.2, -0.15) is 23.7 Å². The van der Waals surface area contributed by atoms with E-state index in [4.69, 9.17) is 22.1 Å². The molecule has 3 nitrogen and oxygen atoms in total. The first kappa shape index (κ1) is 13.5. The molecule has 7 heteroatoms. The molecule has 19 heavy (non-hydrogen) atoms. The fraction of sp³-hybridized carbons (Fsp3) is 0.333. The highest BCUT2D eigenvalue weighted by Gasteiger charge is 2.39. The van der Waals surface area contributed by atoms with Crippen molar-refractivity contribution in [1.82, 2.24) is 0 Å². The van der Waals surface area contributed by atoms with Gasteiger partial charge in [-0.05, 0) is 17.7 Å². The first-order chi connectivity index (χ1) is 8.87. The van der Waals surface area contributed by atoms with E-state index in [0.717, 1.165) is 4.90 Å². The summed E-state index contributed by atoms with van der Waals surface area (Å²) in [5, 5.41) is 17.9. The van der Waals surface area contributed by atoms with Crippen LogP contribution < -0.4 is 4.90 Å². The van der Waals surface area contributed by atoms with Crippen molar-refractivity contribution in [3.8, 4) is 12.1 Å². The van der Waals surface area contributed by atoms with E-state index in [1.165, 1.54) is 12.1 Å². The Kier molecular flexibility index (Phi) is 3.30. The average molecular weight is 286 g/mol. The van der Waals surface area contributed by atoms with E-state index in [1.807, 2.05) is 12.1 Å². The molecule has 0 radical (unpaired) electrons. The summed E-state index contributed by atoms with van der Waals surface area (Å²) in [7, 11) is 0. The number of fused-ring (bicyclic) bond motifs is 1. The van der Waals surface area contributed by atoms with Gasteiger partial charge in [0.2, 0.25) is 0 Å². The van der Waals surface area contributed by atoms with Crippen LogP contribution >= 0.6 is 11.6 Å². The zero-order valence-corrected chi connectivity index (χ0v) is 10.3. The molecule has 0 saturated carbocycles. The van der Waals surface area contributed by atoms with E-state index in [2.05, 4.69) is 0 Å². The number of nitrogens with zero attached hydrogens (tertiary/aromatic N) is 3. The highest BCUT2D eigenvalue weighted by atomic mass is 35.5. The molecule has 0 aliphatic carbocycles. The minimum Gasteiger partial charge on any atom is -0.346 e. The van der Waals surface area contributed by atoms with Gasteiger partial charge in [-0.25, -0.2) is 0 Å². The minimum atomic E-state index is -4.41. The van der Waals surface area contributed by atoms with Crippen LogP contribution in [0.3, 0.4) is 0 Å². The summed E-state index contributed by atoms with van der Waals surface area (Å²) < 4.78 is 37.6. The van der Waals surface area contributed by atoms with Crippen LogP contribution in [-0.2, 0) is 6.42 Å². The summed E-state index contributed by atoms with van der Waals surface area (Å²) in [5.41, 5.74) is 0.898. The van der Waals surface area contributed by atoms with Crippen LogP contribution in [0.25, 0.3) is 0 Å². The van der Waals surface area contributed by atoms with Crippen LogP contribution in [0.4, 0.5) is 18.9 Å². The highest BCUT2D eigenvalue weighted by molar-refractivity contribution is 6.33. The van der Waals surface area contributed by atoms with Crippen LogP contribution in [0.15, 0.2) is 12.1 Å². The summed E-state index contributed by atoms with van der Waals surface area (Å²) in [5.74, 6) is 0. The Labute approximate surface area is 112 Å². The maximum absolute atomic E-state index is 12.5. The first-order valence-corrected chi connectivity index (χ1v) is 5.69. The van der Waals surface area contributed by atoms with E-state index in [0.29, 0.717) is 5.56 Å². The van der Waals surface area contributed by atoms with Gasteiger partial charge in [-0.15, -0.1) is 0 Å². The molecule has 1 aliphatic heterocycles. The fourth-order valence-electron chi connectivity index (χ4n) is 2.14. The molecule has 0 bridgehead atoms. The molecule has 0 fully saturated rings. The normalized spacial score (nSPS) is 17.8. The quantitative estimate of drug-likeness (QED) is 0.797. The van der Waals surface area contributed by atoms with E-state index in [9.17, 15) is 13.2 Å². The molecule has 0 amide bonds. The largest absolute Gasteiger partial charge is 0.405 e. The molecule has 0 N–H and O–H groups in total. The molecule has 1 atom stereocenters. The third kappa shape index (κ3) is 2.45. The molecule has 0 spiro atoms. The number of halogens is 4. The average Bonchev–Trinajstić information content (AvgIpc) is 2.67. The lowest BCUT2D eigenvalue weighted by Crippen LogP contribution is -2.38. The minimum absolute atomic E-state index is 0.0935. The van der Waals surface area contributed by atoms with Crippen molar-refractivity contribution >= 4 is 17.3 Å². The van der Waals surface area contributed by atoms with Crippen LogP contribution in [0, 0.1) is 22.7 Å². The molecular weight excluding hydrogens is 279 g/mol. The smallest absolute Gasteiger partial charge is 0.346 e. The molecule has 1 unspecified atom stereocenters. The lowest BCUT2D eigenvalue weighted by atomic mass is 10.1. The molecule has 1 aromatic carbocycles. The Balaban J connectivity index is 2.47. The lowest BCUT2D eigenvalue weighted by Gasteiger charge is -2.24. The van der Waals surface area contributed by atoms with Crippen molar-refractivity contribution in [2.45, 2.75) is 18.6 Å². The summed E-state index contributed by atoms with van der Waals surface area (Å²) >= 11 is 5.97. The van der Waals surface area contributed by atoms with Crippen molar-refractivity contribution in [2.24, 2.45) is 0 Å². The van der Waals surface area contributed by atoms with Gasteiger partial charge in [0.05, 0.1) is 16.7 Å². The Hall–Kier alpha value is -1.92. The topological polar surface area (TPSA) is 50.8 Å². The van der Waals surface area contributed by atoms with Gasteiger partial charge in [0.25, 0.3) is 0 Å². The number of anilines is 1. The summed E-state index contributed by atoms with van der Waals surface area (Å²) in [6.45, 7) is -1.21. The van der Waals surface area contributed by atoms with Crippen LogP contribution in [0.1, 0.15) is 11.1 Å². The lowest BCUT2D eigenvalue weighted by molar-refractivity contribution is -0.120. The third-order valence-electron chi connectivity index (χ3n) is 2.92. The van der Waals surface area contributed by atoms with Crippen molar-refractivity contribution in [1.29, 1.82) is 10.5 Å². The number of nitriles is 2. The van der Waals surface area contributed by atoms with E-state index in [1.54, 1.807) is 0 Å². The van der Waals surface area contributed by atoms with E-state index in [-0.39, 0.29) is 22.7 Å². The Morgan fingerprint density at radius 1 is 1.37 bits per heavy atom. The van der Waals surface area contributed by atoms with E-state index < -0.39 is 18.8 Å². The van der Waals surface area contributed by atoms with Gasteiger partial charge in [-0.3, -0.25) is 0 Å². The predicted octanol–water partition coefficient (Wildman–Crippen LogP) is 3.03. The summed E-state index contributed by atoms with van der Waals surface area (Å²) in [6.07, 6.45) is -4.31. The maximum atomic E-state index is 12.5. The van der Waals surface area contributed by atoms with Crippen molar-refractivity contribution in [2.75, 3.05) is 11.4 Å². The van der Waals surface area contributed by atoms with E-state index >= 15 is 0 Å². The number of hydrogen-bond donors (Lipinski definition) is 0. The fourth-order valence-corrected chi connectivity index (χ4v) is 2.42. The summed E-state index contributed by atoms with van der Waals surface area (Å²) in [4.78, 5) is 0.975. The van der Waals surface area contributed by atoms with Gasteiger partial charge in [0.15, 0.2) is 0 Å². The SMILES string of the molecule is N#Cc1ccc2c(c1Cl)CC(C#N)N2CC(F)(F)F. The molecule has 0 saturated heterocycles. The van der Waals surface area contributed by atoms with Crippen LogP contribution in [0.2, 0.25) is 5.02 Å². The van der Waals surface area contributed by atoms with Crippen LogP contribution in [0.5, 0.6) is 0 Å². The van der Waals surface area contributed by atoms with Gasteiger partial charge < -0.3 is 4.90 Å². The van der Waals surface area contributed by atoms with Crippen molar-refractivity contribution in [3.63, 3.8) is 0 Å². The molecule has 1 heterocycles. The molecule has 98 valence electrons. The van der Waals surface area contributed by atoms with Crippen molar-refractivity contribution < 1.29 is 13.2 Å². The van der Waals surface area contributed by atoms with Gasteiger partial charge in [-0.1, -0.05) is 11.6 Å². The molecule has 1 aromatic rings. The highest BCUT2D eigenvalue weighted by Crippen LogP contribution is 2.39. The molecular formula is C12H7ClF3N3. The number of rotatable bonds is 1. The second-order valence-electron chi connectivity index (χ2n) is 4.13. The third-order valence-corrected chi connectivity index (χ3v) is 3.35. The molecule has 2 rings (SSSR count). The molecule has 0 aromatic heterocycles. The van der Waals surface area contributed by atoms with Crippen molar-refractivity contribution in [3.05, 3.63) is 28.3 Å². The second-order valence-corrected chi connectivity index (χ2v) is 4.51. The summed E-state index contributed by atoms with van der Waals surface area (Å²) in [6, 6.07) is 5.56. The number of benzene rings is 1. The first-order valence-electron chi connectivity index (χ1n) is 5.32. The zero-order chi connectivity index (χ0) is 14.2. The molecule has 1 aliphatic rings. The Morgan fingerprint density at radius 3 is 2.58 bits per heavy atom. The maximum Gasteiger partial charge on any atom is 0.405 e. The monoisotopic (exact) mass is 285 g/mol. The Morgan fingerprint density at radius 2 is 2.05 bits per heavy atom. The number of hydrogen-bond acceptors (Lipinski definition) is 3. The zero-order valence-electron chi connectivity index (χ0n) is 9.50. The predicted molar refractivity (Wildman–Crippen MR) is 62.7 cm³/mol. The van der Waals surface area contributed by atoms with Gasteiger partial charge >= 0.3 is 6.18 Å². The van der Waals surface area contributed by atoms with Gasteiger partial charge in [0.1, 0.15) is 18.7 Å². The second kappa shape index (κ2) is 4.64. The standard InChI is InChI=1S/C12H7ClF3N3/c13-11-7(4-17)1-2-10-9(11)3-8(5-18)19(10)6-12(14,15)16/h1-2,8H,3,6H2.